The highest BCUT2D eigenvalue weighted by Crippen LogP contribution is 2.23. The van der Waals surface area contributed by atoms with Crippen molar-refractivity contribution < 1.29 is 9.18 Å². The van der Waals surface area contributed by atoms with Gasteiger partial charge in [0, 0.05) is 34.9 Å². The predicted octanol–water partition coefficient (Wildman–Crippen LogP) is 3.02. The Hall–Kier alpha value is -2.32. The van der Waals surface area contributed by atoms with E-state index in [0.717, 1.165) is 12.8 Å². The minimum Gasteiger partial charge on any atom is -0.381 e. The van der Waals surface area contributed by atoms with Crippen LogP contribution in [-0.2, 0) is 4.79 Å². The molecule has 0 bridgehead atoms. The second kappa shape index (κ2) is 8.58. The first-order valence-electron chi connectivity index (χ1n) is 8.42. The summed E-state index contributed by atoms with van der Waals surface area (Å²) < 4.78 is 14.0. The van der Waals surface area contributed by atoms with Crippen molar-refractivity contribution in [3.8, 4) is 0 Å². The molecule has 0 unspecified atom stereocenters. The summed E-state index contributed by atoms with van der Waals surface area (Å²) >= 11 is 11.9. The molecule has 144 valence electrons. The molecule has 1 fully saturated rings. The van der Waals surface area contributed by atoms with Crippen LogP contribution in [0.2, 0.25) is 10.0 Å². The zero-order valence-electron chi connectivity index (χ0n) is 14.4. The molecule has 0 saturated carbocycles. The number of hydrogen-bond acceptors (Lipinski definition) is 6. The molecule has 1 atom stereocenters. The number of amides is 1. The van der Waals surface area contributed by atoms with Gasteiger partial charge in [0.05, 0.1) is 6.54 Å². The summed E-state index contributed by atoms with van der Waals surface area (Å²) in [6.45, 7) is 1.20. The molecule has 0 spiro atoms. The molecule has 1 amide bonds. The van der Waals surface area contributed by atoms with Gasteiger partial charge in [-0.1, -0.05) is 23.2 Å². The number of anilines is 3. The Kier molecular flexibility index (Phi) is 6.18. The Morgan fingerprint density at radius 1 is 1.30 bits per heavy atom. The normalized spacial score (nSPS) is 16.9. The number of nitrogens with one attached hydrogen (secondary N) is 2. The smallest absolute Gasteiger partial charge is 0.241 e. The molecule has 0 radical (unpaired) electrons. The van der Waals surface area contributed by atoms with E-state index in [-0.39, 0.29) is 30.1 Å². The summed E-state index contributed by atoms with van der Waals surface area (Å²) in [4.78, 5) is 21.7. The molecule has 1 aliphatic rings. The third-order valence-electron chi connectivity index (χ3n) is 4.24. The fourth-order valence-electron chi connectivity index (χ4n) is 2.94. The Morgan fingerprint density at radius 2 is 2.04 bits per heavy atom. The van der Waals surface area contributed by atoms with Crippen LogP contribution in [0.1, 0.15) is 12.8 Å². The van der Waals surface area contributed by atoms with Crippen LogP contribution in [0.3, 0.4) is 0 Å². The number of halogens is 3. The maximum absolute atomic E-state index is 14.0. The van der Waals surface area contributed by atoms with Crippen molar-refractivity contribution in [1.82, 2.24) is 14.9 Å². The molecule has 1 saturated heterocycles. The number of benzene rings is 1. The Balaban J connectivity index is 1.57. The highest BCUT2D eigenvalue weighted by Gasteiger charge is 2.24. The first-order valence-corrected chi connectivity index (χ1v) is 9.18. The van der Waals surface area contributed by atoms with E-state index in [1.807, 2.05) is 0 Å². The van der Waals surface area contributed by atoms with Crippen molar-refractivity contribution in [3.05, 3.63) is 40.4 Å². The Labute approximate surface area is 166 Å². The number of piperidine rings is 1. The highest BCUT2D eigenvalue weighted by molar-refractivity contribution is 6.35. The fraction of sp³-hybridized carbons (Fsp3) is 0.353. The summed E-state index contributed by atoms with van der Waals surface area (Å²) in [6.07, 6.45) is 2.80. The van der Waals surface area contributed by atoms with Crippen molar-refractivity contribution >= 4 is 46.4 Å². The molecule has 27 heavy (non-hydrogen) atoms. The zero-order valence-corrected chi connectivity index (χ0v) is 15.9. The van der Waals surface area contributed by atoms with Gasteiger partial charge in [-0.3, -0.25) is 4.79 Å². The van der Waals surface area contributed by atoms with Gasteiger partial charge in [0.25, 0.3) is 0 Å². The number of likely N-dealkylation sites (tertiary alicyclic amines) is 1. The standard InChI is InChI=1S/C17H19Cl2FN6O/c18-10-4-11(19)6-13(5-10)22-7-14(27)26-3-1-2-12(8-26)25-17-15(20)16(21)23-9-24-17/h4-6,9,12,22H,1-3,7-8H2,(H3,21,23,24,25)/t12-/m0/s1. The molecule has 4 N–H and O–H groups in total. The number of hydrogen-bond donors (Lipinski definition) is 3. The molecule has 7 nitrogen and oxygen atoms in total. The molecule has 1 aliphatic heterocycles. The monoisotopic (exact) mass is 412 g/mol. The molecule has 1 aromatic heterocycles. The second-order valence-corrected chi connectivity index (χ2v) is 7.13. The number of carbonyl (C=O) groups is 1. The Bertz CT molecular complexity index is 817. The van der Waals surface area contributed by atoms with E-state index >= 15 is 0 Å². The topological polar surface area (TPSA) is 96.2 Å². The van der Waals surface area contributed by atoms with E-state index < -0.39 is 5.82 Å². The molecule has 2 aromatic rings. The van der Waals surface area contributed by atoms with E-state index in [0.29, 0.717) is 28.8 Å². The van der Waals surface area contributed by atoms with Crippen LogP contribution in [0.15, 0.2) is 24.5 Å². The lowest BCUT2D eigenvalue weighted by Crippen LogP contribution is -2.47. The van der Waals surface area contributed by atoms with Gasteiger partial charge in [-0.25, -0.2) is 9.97 Å². The number of aromatic nitrogens is 2. The van der Waals surface area contributed by atoms with E-state index in [9.17, 15) is 9.18 Å². The van der Waals surface area contributed by atoms with Crippen molar-refractivity contribution in [2.24, 2.45) is 0 Å². The number of nitrogen functional groups attached to an aromatic ring is 1. The molecule has 1 aromatic carbocycles. The number of carbonyl (C=O) groups excluding carboxylic acids is 1. The highest BCUT2D eigenvalue weighted by atomic mass is 35.5. The summed E-state index contributed by atoms with van der Waals surface area (Å²) in [5.74, 6) is -0.908. The molecule has 0 aliphatic carbocycles. The van der Waals surface area contributed by atoms with E-state index in [4.69, 9.17) is 28.9 Å². The fourth-order valence-corrected chi connectivity index (χ4v) is 3.47. The summed E-state index contributed by atoms with van der Waals surface area (Å²) in [5.41, 5.74) is 6.13. The third-order valence-corrected chi connectivity index (χ3v) is 4.67. The first-order chi connectivity index (χ1) is 12.9. The van der Waals surface area contributed by atoms with Crippen LogP contribution in [0.4, 0.5) is 21.7 Å². The lowest BCUT2D eigenvalue weighted by Gasteiger charge is -2.33. The SMILES string of the molecule is Nc1ncnc(N[C@H]2CCCN(C(=O)CNc3cc(Cl)cc(Cl)c3)C2)c1F. The van der Waals surface area contributed by atoms with Crippen LogP contribution >= 0.6 is 23.2 Å². The van der Waals surface area contributed by atoms with Gasteiger partial charge in [-0.05, 0) is 31.0 Å². The minimum atomic E-state index is -0.680. The number of rotatable bonds is 5. The van der Waals surface area contributed by atoms with Gasteiger partial charge < -0.3 is 21.3 Å². The van der Waals surface area contributed by atoms with Crippen LogP contribution in [0.5, 0.6) is 0 Å². The third kappa shape index (κ3) is 5.11. The number of nitrogens with two attached hydrogens (primary N) is 1. The van der Waals surface area contributed by atoms with Crippen LogP contribution in [-0.4, -0.2) is 46.5 Å². The van der Waals surface area contributed by atoms with Crippen LogP contribution in [0, 0.1) is 5.82 Å². The average molecular weight is 413 g/mol. The molecular formula is C17H19Cl2FN6O. The van der Waals surface area contributed by atoms with Gasteiger partial charge in [0.2, 0.25) is 11.7 Å². The van der Waals surface area contributed by atoms with Crippen LogP contribution in [0.25, 0.3) is 0 Å². The van der Waals surface area contributed by atoms with E-state index in [2.05, 4.69) is 20.6 Å². The van der Waals surface area contributed by atoms with Gasteiger partial charge in [0.15, 0.2) is 11.6 Å². The van der Waals surface area contributed by atoms with Crippen molar-refractivity contribution in [2.75, 3.05) is 36.0 Å². The predicted molar refractivity (Wildman–Crippen MR) is 105 cm³/mol. The van der Waals surface area contributed by atoms with E-state index in [1.54, 1.807) is 23.1 Å². The van der Waals surface area contributed by atoms with Gasteiger partial charge in [-0.2, -0.15) is 4.39 Å². The van der Waals surface area contributed by atoms with E-state index in [1.165, 1.54) is 6.33 Å². The van der Waals surface area contributed by atoms with Crippen molar-refractivity contribution in [2.45, 2.75) is 18.9 Å². The van der Waals surface area contributed by atoms with Gasteiger partial charge >= 0.3 is 0 Å². The minimum absolute atomic E-state index is 0.0495. The van der Waals surface area contributed by atoms with Gasteiger partial charge in [-0.15, -0.1) is 0 Å². The van der Waals surface area contributed by atoms with Crippen LogP contribution < -0.4 is 16.4 Å². The lowest BCUT2D eigenvalue weighted by atomic mass is 10.1. The largest absolute Gasteiger partial charge is 0.381 e. The van der Waals surface area contributed by atoms with Gasteiger partial charge in [0.1, 0.15) is 6.33 Å². The Morgan fingerprint density at radius 3 is 2.78 bits per heavy atom. The molecule has 2 heterocycles. The summed E-state index contributed by atoms with van der Waals surface area (Å²) in [6, 6.07) is 4.90. The maximum atomic E-state index is 14.0. The van der Waals surface area contributed by atoms with Crippen molar-refractivity contribution in [3.63, 3.8) is 0 Å². The average Bonchev–Trinajstić information content (AvgIpc) is 2.63. The summed E-state index contributed by atoms with van der Waals surface area (Å²) in [7, 11) is 0. The maximum Gasteiger partial charge on any atom is 0.241 e. The second-order valence-electron chi connectivity index (χ2n) is 6.26. The molecule has 10 heteroatoms. The lowest BCUT2D eigenvalue weighted by molar-refractivity contribution is -0.130. The molecule has 3 rings (SSSR count). The zero-order chi connectivity index (χ0) is 19.4. The quantitative estimate of drug-likeness (QED) is 0.698. The number of nitrogens with zero attached hydrogens (tertiary/aromatic N) is 3. The first kappa shape index (κ1) is 19.4. The van der Waals surface area contributed by atoms with Crippen molar-refractivity contribution in [1.29, 1.82) is 0 Å². The summed E-state index contributed by atoms with van der Waals surface area (Å²) in [5, 5.41) is 7.02. The molecular weight excluding hydrogens is 394 g/mol.